The lowest BCUT2D eigenvalue weighted by atomic mass is 9.98. The molecule has 9 heteroatoms. The first-order chi connectivity index (χ1) is 20.7. The van der Waals surface area contributed by atoms with E-state index in [0.717, 1.165) is 49.2 Å². The van der Waals surface area contributed by atoms with Gasteiger partial charge in [-0.3, -0.25) is 9.69 Å². The van der Waals surface area contributed by atoms with Crippen molar-refractivity contribution in [1.82, 2.24) is 15.1 Å². The van der Waals surface area contributed by atoms with Crippen LogP contribution in [0.4, 0.5) is 0 Å². The molecule has 2 aliphatic rings. The molecule has 2 unspecified atom stereocenters. The van der Waals surface area contributed by atoms with E-state index >= 15 is 0 Å². The predicted octanol–water partition coefficient (Wildman–Crippen LogP) is 5.35. The van der Waals surface area contributed by atoms with Crippen molar-refractivity contribution in [3.8, 4) is 0 Å². The van der Waals surface area contributed by atoms with Crippen LogP contribution in [-0.2, 0) is 11.3 Å². The molecule has 2 saturated heterocycles. The second-order valence-electron chi connectivity index (χ2n) is 12.1. The number of aryl methyl sites for hydroxylation is 2. The number of aliphatic hydroxyl groups excluding tert-OH is 1. The summed E-state index contributed by atoms with van der Waals surface area (Å²) in [4.78, 5) is 32.0. The van der Waals surface area contributed by atoms with Gasteiger partial charge in [0.15, 0.2) is 6.73 Å². The Hall–Kier alpha value is -2.78. The first-order valence-electron chi connectivity index (χ1n) is 15.0. The first-order valence-corrected chi connectivity index (χ1v) is 15.8. The van der Waals surface area contributed by atoms with E-state index in [2.05, 4.69) is 34.5 Å². The number of hydrogen-bond donors (Lipinski definition) is 2. The minimum absolute atomic E-state index is 0.0302. The number of rotatable bonds is 8. The Morgan fingerprint density at radius 3 is 2.28 bits per heavy atom. The van der Waals surface area contributed by atoms with Crippen LogP contribution in [0.2, 0.25) is 10.0 Å². The van der Waals surface area contributed by atoms with Crippen molar-refractivity contribution in [2.45, 2.75) is 45.3 Å². The van der Waals surface area contributed by atoms with Crippen LogP contribution < -0.4 is 5.32 Å². The highest BCUT2D eigenvalue weighted by Crippen LogP contribution is 2.34. The van der Waals surface area contributed by atoms with Gasteiger partial charge in [-0.05, 0) is 86.3 Å². The number of amides is 2. The molecule has 0 aliphatic carbocycles. The molecular weight excluding hydrogens is 583 g/mol. The quantitative estimate of drug-likeness (QED) is 0.331. The number of aliphatic hydroxyl groups is 1. The third-order valence-corrected chi connectivity index (χ3v) is 9.60. The Bertz CT molecular complexity index is 1420. The summed E-state index contributed by atoms with van der Waals surface area (Å²) in [5, 5.41) is 15.0. The number of likely N-dealkylation sites (tertiary alicyclic amines) is 1. The fraction of sp³-hybridized carbons (Fsp3) is 0.412. The first kappa shape index (κ1) is 31.6. The molecular formula is C34H41Cl2N4O3+. The minimum Gasteiger partial charge on any atom is -0.347 e. The molecule has 0 bridgehead atoms. The lowest BCUT2D eigenvalue weighted by Crippen LogP contribution is -2.65. The molecule has 7 nitrogen and oxygen atoms in total. The van der Waals surface area contributed by atoms with Gasteiger partial charge in [0.1, 0.15) is 19.1 Å². The summed E-state index contributed by atoms with van der Waals surface area (Å²) in [6.45, 7) is 7.57. The summed E-state index contributed by atoms with van der Waals surface area (Å²) in [5.74, 6) is -0.177. The molecule has 0 saturated carbocycles. The lowest BCUT2D eigenvalue weighted by Gasteiger charge is -2.46. The highest BCUT2D eigenvalue weighted by atomic mass is 35.5. The molecule has 0 spiro atoms. The molecule has 43 heavy (non-hydrogen) atoms. The highest BCUT2D eigenvalue weighted by Gasteiger charge is 2.47. The van der Waals surface area contributed by atoms with E-state index in [-0.39, 0.29) is 42.2 Å². The largest absolute Gasteiger partial charge is 0.347 e. The van der Waals surface area contributed by atoms with Crippen molar-refractivity contribution < 1.29 is 19.2 Å². The number of piperazine rings is 1. The molecule has 0 radical (unpaired) electrons. The third-order valence-electron chi connectivity index (χ3n) is 8.87. The number of piperidine rings is 1. The average molecular weight is 625 g/mol. The van der Waals surface area contributed by atoms with E-state index in [1.165, 1.54) is 5.56 Å². The van der Waals surface area contributed by atoms with Gasteiger partial charge >= 0.3 is 5.91 Å². The van der Waals surface area contributed by atoms with E-state index < -0.39 is 6.04 Å². The van der Waals surface area contributed by atoms with Crippen LogP contribution in [0.5, 0.6) is 0 Å². The summed E-state index contributed by atoms with van der Waals surface area (Å²) in [5.41, 5.74) is 4.66. The normalized spacial score (nSPS) is 21.6. The predicted molar refractivity (Wildman–Crippen MR) is 171 cm³/mol. The maximum Gasteiger partial charge on any atom is 0.347 e. The van der Waals surface area contributed by atoms with E-state index in [1.54, 1.807) is 12.1 Å². The van der Waals surface area contributed by atoms with Gasteiger partial charge in [0, 0.05) is 12.6 Å². The Morgan fingerprint density at radius 2 is 1.63 bits per heavy atom. The highest BCUT2D eigenvalue weighted by molar-refractivity contribution is 6.42. The van der Waals surface area contributed by atoms with Gasteiger partial charge in [-0.15, -0.1) is 0 Å². The molecule has 0 aromatic heterocycles. The Labute approximate surface area is 264 Å². The SMILES string of the molecule is Cc1cc(C)cc(C(=O)[N+]2(CO)CCN(C(=O)CNC3CCN(Cc4ccccc4)CC3)C(c3ccc(Cl)c(Cl)c3)C2)c1. The van der Waals surface area contributed by atoms with E-state index in [9.17, 15) is 14.7 Å². The van der Waals surface area contributed by atoms with E-state index in [4.69, 9.17) is 23.2 Å². The van der Waals surface area contributed by atoms with E-state index in [0.29, 0.717) is 28.7 Å². The summed E-state index contributed by atoms with van der Waals surface area (Å²) < 4.78 is -0.162. The van der Waals surface area contributed by atoms with Gasteiger partial charge in [-0.1, -0.05) is 65.7 Å². The smallest absolute Gasteiger partial charge is 0.347 e. The maximum atomic E-state index is 14.0. The maximum absolute atomic E-state index is 14.0. The topological polar surface area (TPSA) is 72.9 Å². The minimum atomic E-state index is -0.451. The fourth-order valence-corrected chi connectivity index (χ4v) is 6.81. The van der Waals surface area contributed by atoms with Crippen molar-refractivity contribution in [3.63, 3.8) is 0 Å². The number of quaternary nitrogens is 1. The van der Waals surface area contributed by atoms with Gasteiger partial charge < -0.3 is 15.3 Å². The van der Waals surface area contributed by atoms with Crippen molar-refractivity contribution in [2.24, 2.45) is 0 Å². The average Bonchev–Trinajstić information content (AvgIpc) is 3.01. The second-order valence-corrected chi connectivity index (χ2v) is 12.9. The molecule has 2 N–H and O–H groups in total. The van der Waals surface area contributed by atoms with Gasteiger partial charge in [-0.25, -0.2) is 9.28 Å². The number of halogens is 2. The van der Waals surface area contributed by atoms with Gasteiger partial charge in [0.05, 0.1) is 28.7 Å². The number of nitrogens with zero attached hydrogens (tertiary/aromatic N) is 3. The lowest BCUT2D eigenvalue weighted by molar-refractivity contribution is -0.876. The fourth-order valence-electron chi connectivity index (χ4n) is 6.50. The van der Waals surface area contributed by atoms with Gasteiger partial charge in [0.2, 0.25) is 5.91 Å². The van der Waals surface area contributed by atoms with Gasteiger partial charge in [-0.2, -0.15) is 0 Å². The summed E-state index contributed by atoms with van der Waals surface area (Å²) in [7, 11) is 0. The van der Waals surface area contributed by atoms with Crippen LogP contribution >= 0.6 is 23.2 Å². The number of carbonyl (C=O) groups excluding carboxylic acids is 2. The molecule has 228 valence electrons. The summed E-state index contributed by atoms with van der Waals surface area (Å²) >= 11 is 12.6. The summed E-state index contributed by atoms with van der Waals surface area (Å²) in [6.07, 6.45) is 1.95. The standard InChI is InChI=1S/C34H41Cl2N4O3/c1-24-16-25(2)18-28(17-24)34(43)40(23-41)15-14-39(32(22-40)27-8-9-30(35)31(36)19-27)33(42)20-37-29-10-12-38(13-11-29)21-26-6-4-3-5-7-26/h3-9,16-19,29,32,37,41H,10-15,20-23H2,1-2H3/q+1. The van der Waals surface area contributed by atoms with Crippen LogP contribution in [-0.4, -0.2) is 83.2 Å². The molecule has 2 fully saturated rings. The number of hydrogen-bond acceptors (Lipinski definition) is 5. The van der Waals surface area contributed by atoms with Crippen LogP contribution in [0.3, 0.4) is 0 Å². The molecule has 3 aromatic carbocycles. The molecule has 2 atom stereocenters. The van der Waals surface area contributed by atoms with Crippen LogP contribution in [0.15, 0.2) is 66.7 Å². The number of nitrogens with one attached hydrogen (secondary N) is 1. The zero-order valence-corrected chi connectivity index (χ0v) is 26.4. The second kappa shape index (κ2) is 13.9. The van der Waals surface area contributed by atoms with Crippen LogP contribution in [0.1, 0.15) is 51.5 Å². The summed E-state index contributed by atoms with van der Waals surface area (Å²) in [6, 6.07) is 21.4. The molecule has 2 aliphatic heterocycles. The Morgan fingerprint density at radius 1 is 0.930 bits per heavy atom. The molecule has 2 heterocycles. The van der Waals surface area contributed by atoms with Crippen LogP contribution in [0, 0.1) is 13.8 Å². The van der Waals surface area contributed by atoms with Crippen molar-refractivity contribution in [1.29, 1.82) is 0 Å². The Kier molecular flexibility index (Phi) is 10.2. The molecule has 2 amide bonds. The van der Waals surface area contributed by atoms with Crippen molar-refractivity contribution in [2.75, 3.05) is 46.0 Å². The van der Waals surface area contributed by atoms with E-state index in [1.807, 2.05) is 49.1 Å². The van der Waals surface area contributed by atoms with Crippen molar-refractivity contribution in [3.05, 3.63) is 105 Å². The molecule has 5 rings (SSSR count). The third kappa shape index (κ3) is 7.48. The number of benzene rings is 3. The van der Waals surface area contributed by atoms with Gasteiger partial charge in [0.25, 0.3) is 0 Å². The molecule has 3 aromatic rings. The van der Waals surface area contributed by atoms with Crippen LogP contribution in [0.25, 0.3) is 0 Å². The van der Waals surface area contributed by atoms with Crippen molar-refractivity contribution >= 4 is 35.0 Å². The monoisotopic (exact) mass is 623 g/mol. The number of carbonyl (C=O) groups is 2. The zero-order valence-electron chi connectivity index (χ0n) is 24.9. The zero-order chi connectivity index (χ0) is 30.6. The Balaban J connectivity index is 1.28.